The Balaban J connectivity index is 2.36. The summed E-state index contributed by atoms with van der Waals surface area (Å²) in [5.74, 6) is 0.265. The number of alkyl halides is 1. The number of hydrogen-bond donors (Lipinski definition) is 0. The Bertz CT molecular complexity index is 550. The quantitative estimate of drug-likeness (QED) is 0.802. The zero-order valence-electron chi connectivity index (χ0n) is 10.4. The summed E-state index contributed by atoms with van der Waals surface area (Å²) in [6.07, 6.45) is -0.282. The van der Waals surface area contributed by atoms with Crippen molar-refractivity contribution in [2.75, 3.05) is 19.0 Å². The lowest BCUT2D eigenvalue weighted by Gasteiger charge is -2.36. The molecule has 0 saturated carbocycles. The van der Waals surface area contributed by atoms with E-state index in [0.717, 1.165) is 0 Å². The van der Waals surface area contributed by atoms with Gasteiger partial charge in [0.2, 0.25) is 10.0 Å². The summed E-state index contributed by atoms with van der Waals surface area (Å²) >= 11 is 11.7. The normalized spacial score (nSPS) is 25.4. The molecule has 0 amide bonds. The van der Waals surface area contributed by atoms with Crippen molar-refractivity contribution in [3.63, 3.8) is 0 Å². The third-order valence-corrected chi connectivity index (χ3v) is 5.87. The van der Waals surface area contributed by atoms with Crippen molar-refractivity contribution in [2.45, 2.75) is 24.0 Å². The third-order valence-electron chi connectivity index (χ3n) is 3.04. The van der Waals surface area contributed by atoms with Gasteiger partial charge in [-0.1, -0.05) is 23.7 Å². The standard InChI is InChI=1S/C12H15Cl2NO3S/c1-9-8-18-10(6-13)7-15(9)19(16,17)12-5-3-2-4-11(12)14/h2-5,9-10H,6-8H2,1H3. The van der Waals surface area contributed by atoms with Crippen LogP contribution in [0.5, 0.6) is 0 Å². The first-order valence-electron chi connectivity index (χ1n) is 5.90. The van der Waals surface area contributed by atoms with Crippen LogP contribution in [0.25, 0.3) is 0 Å². The molecule has 1 aliphatic heterocycles. The molecule has 1 aliphatic rings. The fourth-order valence-corrected chi connectivity index (χ4v) is 4.33. The van der Waals surface area contributed by atoms with Gasteiger partial charge < -0.3 is 4.74 Å². The van der Waals surface area contributed by atoms with Crippen molar-refractivity contribution < 1.29 is 13.2 Å². The summed E-state index contributed by atoms with van der Waals surface area (Å²) in [7, 11) is -3.62. The zero-order valence-corrected chi connectivity index (χ0v) is 12.7. The van der Waals surface area contributed by atoms with Gasteiger partial charge in [0.1, 0.15) is 4.90 Å². The number of halogens is 2. The first kappa shape index (κ1) is 15.1. The van der Waals surface area contributed by atoms with Gasteiger partial charge in [0.25, 0.3) is 0 Å². The van der Waals surface area contributed by atoms with Crippen LogP contribution in [-0.4, -0.2) is 43.9 Å². The minimum atomic E-state index is -3.62. The van der Waals surface area contributed by atoms with E-state index in [2.05, 4.69) is 0 Å². The third kappa shape index (κ3) is 3.06. The molecule has 1 fully saturated rings. The lowest BCUT2D eigenvalue weighted by atomic mass is 10.2. The highest BCUT2D eigenvalue weighted by Crippen LogP contribution is 2.27. The van der Waals surface area contributed by atoms with Gasteiger partial charge in [-0.05, 0) is 19.1 Å². The van der Waals surface area contributed by atoms with Gasteiger partial charge >= 0.3 is 0 Å². The van der Waals surface area contributed by atoms with Crippen molar-refractivity contribution >= 4 is 33.2 Å². The lowest BCUT2D eigenvalue weighted by molar-refractivity contribution is -0.0152. The molecule has 7 heteroatoms. The molecule has 1 aromatic rings. The Morgan fingerprint density at radius 1 is 1.42 bits per heavy atom. The molecule has 2 rings (SSSR count). The first-order chi connectivity index (χ1) is 8.96. The maximum atomic E-state index is 12.6. The summed E-state index contributed by atoms with van der Waals surface area (Å²) in [6, 6.07) is 6.20. The monoisotopic (exact) mass is 323 g/mol. The molecule has 0 radical (unpaired) electrons. The van der Waals surface area contributed by atoms with E-state index in [0.29, 0.717) is 6.61 Å². The fraction of sp³-hybridized carbons (Fsp3) is 0.500. The van der Waals surface area contributed by atoms with Crippen LogP contribution in [0.2, 0.25) is 5.02 Å². The maximum Gasteiger partial charge on any atom is 0.244 e. The van der Waals surface area contributed by atoms with Crippen LogP contribution in [-0.2, 0) is 14.8 Å². The molecule has 4 nitrogen and oxygen atoms in total. The van der Waals surface area contributed by atoms with Crippen molar-refractivity contribution in [1.29, 1.82) is 0 Å². The Hall–Kier alpha value is -0.330. The minimum absolute atomic E-state index is 0.124. The van der Waals surface area contributed by atoms with Crippen LogP contribution in [0.3, 0.4) is 0 Å². The van der Waals surface area contributed by atoms with Crippen molar-refractivity contribution in [1.82, 2.24) is 4.31 Å². The van der Waals surface area contributed by atoms with E-state index in [9.17, 15) is 8.42 Å². The second-order valence-corrected chi connectivity index (χ2v) is 7.04. The van der Waals surface area contributed by atoms with E-state index in [4.69, 9.17) is 27.9 Å². The van der Waals surface area contributed by atoms with Crippen molar-refractivity contribution in [3.05, 3.63) is 29.3 Å². The van der Waals surface area contributed by atoms with Crippen LogP contribution in [0.1, 0.15) is 6.92 Å². The zero-order chi connectivity index (χ0) is 14.0. The van der Waals surface area contributed by atoms with Gasteiger partial charge in [0.05, 0.1) is 17.7 Å². The molecule has 0 N–H and O–H groups in total. The number of morpholine rings is 1. The summed E-state index contributed by atoms with van der Waals surface area (Å²) in [6.45, 7) is 2.39. The molecule has 1 aromatic carbocycles. The molecule has 0 aromatic heterocycles. The molecule has 19 heavy (non-hydrogen) atoms. The van der Waals surface area contributed by atoms with Crippen molar-refractivity contribution in [2.24, 2.45) is 0 Å². The van der Waals surface area contributed by atoms with E-state index in [1.54, 1.807) is 25.1 Å². The predicted molar refractivity (Wildman–Crippen MR) is 75.3 cm³/mol. The van der Waals surface area contributed by atoms with Crippen LogP contribution >= 0.6 is 23.2 Å². The van der Waals surface area contributed by atoms with Crippen molar-refractivity contribution in [3.8, 4) is 0 Å². The maximum absolute atomic E-state index is 12.6. The van der Waals surface area contributed by atoms with Gasteiger partial charge in [-0.3, -0.25) is 0 Å². The van der Waals surface area contributed by atoms with Crippen LogP contribution in [0, 0.1) is 0 Å². The summed E-state index contributed by atoms with van der Waals surface area (Å²) < 4.78 is 32.1. The lowest BCUT2D eigenvalue weighted by Crippen LogP contribution is -2.51. The predicted octanol–water partition coefficient (Wildman–Crippen LogP) is 2.36. The smallest absolute Gasteiger partial charge is 0.244 e. The van der Waals surface area contributed by atoms with Crippen LogP contribution in [0.4, 0.5) is 0 Å². The van der Waals surface area contributed by atoms with Crippen LogP contribution in [0.15, 0.2) is 29.2 Å². The Morgan fingerprint density at radius 2 is 2.11 bits per heavy atom. The number of rotatable bonds is 3. The Kier molecular flexibility index (Phi) is 4.74. The molecule has 1 saturated heterocycles. The van der Waals surface area contributed by atoms with Gasteiger partial charge in [0, 0.05) is 18.5 Å². The molecule has 0 aliphatic carbocycles. The summed E-state index contributed by atoms with van der Waals surface area (Å²) in [4.78, 5) is 0.124. The number of sulfonamides is 1. The average molecular weight is 324 g/mol. The SMILES string of the molecule is CC1COC(CCl)CN1S(=O)(=O)c1ccccc1Cl. The van der Waals surface area contributed by atoms with E-state index < -0.39 is 10.0 Å². The van der Waals surface area contributed by atoms with E-state index in [1.807, 2.05) is 0 Å². The Labute approximate surface area is 123 Å². The molecule has 2 unspecified atom stereocenters. The van der Waals surface area contributed by atoms with E-state index >= 15 is 0 Å². The molecular weight excluding hydrogens is 309 g/mol. The number of nitrogens with zero attached hydrogens (tertiary/aromatic N) is 1. The minimum Gasteiger partial charge on any atom is -0.374 e. The summed E-state index contributed by atoms with van der Waals surface area (Å²) in [5.41, 5.74) is 0. The Morgan fingerprint density at radius 3 is 2.74 bits per heavy atom. The summed E-state index contributed by atoms with van der Waals surface area (Å²) in [5, 5.41) is 0.226. The molecule has 0 spiro atoms. The molecular formula is C12H15Cl2NO3S. The molecule has 1 heterocycles. The van der Waals surface area contributed by atoms with Gasteiger partial charge in [-0.15, -0.1) is 11.6 Å². The fourth-order valence-electron chi connectivity index (χ4n) is 2.00. The number of ether oxygens (including phenoxy) is 1. The number of hydrogen-bond acceptors (Lipinski definition) is 3. The largest absolute Gasteiger partial charge is 0.374 e. The second-order valence-electron chi connectivity index (χ2n) is 4.46. The highest BCUT2D eigenvalue weighted by molar-refractivity contribution is 7.89. The van der Waals surface area contributed by atoms with E-state index in [1.165, 1.54) is 10.4 Å². The molecule has 0 bridgehead atoms. The van der Waals surface area contributed by atoms with Gasteiger partial charge in [-0.25, -0.2) is 8.42 Å². The van der Waals surface area contributed by atoms with Gasteiger partial charge in [-0.2, -0.15) is 4.31 Å². The molecule has 106 valence electrons. The highest BCUT2D eigenvalue weighted by atomic mass is 35.5. The van der Waals surface area contributed by atoms with E-state index in [-0.39, 0.29) is 34.5 Å². The topological polar surface area (TPSA) is 46.6 Å². The second kappa shape index (κ2) is 5.97. The number of benzene rings is 1. The van der Waals surface area contributed by atoms with Crippen LogP contribution < -0.4 is 0 Å². The highest BCUT2D eigenvalue weighted by Gasteiger charge is 2.36. The first-order valence-corrected chi connectivity index (χ1v) is 8.26. The molecule has 2 atom stereocenters. The van der Waals surface area contributed by atoms with Gasteiger partial charge in [0.15, 0.2) is 0 Å². The average Bonchev–Trinajstić information content (AvgIpc) is 2.39.